The van der Waals surface area contributed by atoms with E-state index in [2.05, 4.69) is 27.8 Å². The van der Waals surface area contributed by atoms with Crippen molar-refractivity contribution >= 4 is 43.4 Å². The maximum atomic E-state index is 13.2. The zero-order chi connectivity index (χ0) is 17.3. The van der Waals surface area contributed by atoms with Gasteiger partial charge in [-0.3, -0.25) is 4.79 Å². The number of hydrogen-bond acceptors (Lipinski definition) is 2. The fourth-order valence-corrected chi connectivity index (χ4v) is 4.12. The summed E-state index contributed by atoms with van der Waals surface area (Å²) in [5.41, 5.74) is 3.29. The normalized spacial score (nSPS) is 11.0. The van der Waals surface area contributed by atoms with Crippen molar-refractivity contribution in [3.05, 3.63) is 69.4 Å². The predicted octanol–water partition coefficient (Wildman–Crippen LogP) is 5.11. The number of halogens is 2. The van der Waals surface area contributed by atoms with Crippen molar-refractivity contribution in [3.8, 4) is 0 Å². The quantitative estimate of drug-likeness (QED) is 0.586. The molecule has 0 saturated carbocycles. The minimum absolute atomic E-state index is 0.181. The topological polar surface area (TPSA) is 34.0 Å². The van der Waals surface area contributed by atoms with Crippen LogP contribution in [0, 0.1) is 5.82 Å². The van der Waals surface area contributed by atoms with E-state index < -0.39 is 0 Å². The summed E-state index contributed by atoms with van der Waals surface area (Å²) in [4.78, 5) is 12.6. The number of thiophene rings is 1. The number of aromatic nitrogens is 1. The minimum atomic E-state index is -0.308. The average molecular weight is 407 g/mol. The summed E-state index contributed by atoms with van der Waals surface area (Å²) < 4.78 is 17.3. The molecule has 1 amide bonds. The van der Waals surface area contributed by atoms with Crippen LogP contribution in [-0.4, -0.2) is 10.5 Å². The van der Waals surface area contributed by atoms with Crippen LogP contribution in [-0.2, 0) is 13.1 Å². The van der Waals surface area contributed by atoms with Gasteiger partial charge < -0.3 is 9.88 Å². The number of fused-ring (bicyclic) bond motifs is 1. The lowest BCUT2D eigenvalue weighted by Gasteiger charge is -2.11. The Morgan fingerprint density at radius 1 is 1.38 bits per heavy atom. The molecule has 6 heteroatoms. The Kier molecular flexibility index (Phi) is 4.87. The molecule has 3 nitrogen and oxygen atoms in total. The maximum Gasteiger partial charge on any atom is 0.268 e. The Balaban J connectivity index is 1.85. The molecule has 0 atom stereocenters. The Hall–Kier alpha value is -1.92. The lowest BCUT2D eigenvalue weighted by molar-refractivity contribution is 0.0942. The lowest BCUT2D eigenvalue weighted by atomic mass is 10.2. The van der Waals surface area contributed by atoms with Crippen LogP contribution in [0.3, 0.4) is 0 Å². The minimum Gasteiger partial charge on any atom is -0.347 e. The third-order valence-electron chi connectivity index (χ3n) is 3.56. The van der Waals surface area contributed by atoms with Gasteiger partial charge in [0.2, 0.25) is 0 Å². The summed E-state index contributed by atoms with van der Waals surface area (Å²) in [5.74, 6) is -0.488. The van der Waals surface area contributed by atoms with Gasteiger partial charge in [0.15, 0.2) is 0 Å². The highest BCUT2D eigenvalue weighted by atomic mass is 79.9. The maximum absolute atomic E-state index is 13.2. The molecule has 2 heterocycles. The summed E-state index contributed by atoms with van der Waals surface area (Å²) in [6.45, 7) is 6.74. The van der Waals surface area contributed by atoms with Gasteiger partial charge in [-0.15, -0.1) is 11.3 Å². The Morgan fingerprint density at radius 2 is 2.17 bits per heavy atom. The van der Waals surface area contributed by atoms with Crippen molar-refractivity contribution < 1.29 is 9.18 Å². The van der Waals surface area contributed by atoms with Crippen LogP contribution in [0.1, 0.15) is 23.0 Å². The molecule has 0 unspecified atom stereocenters. The van der Waals surface area contributed by atoms with E-state index in [1.807, 2.05) is 23.6 Å². The molecular formula is C18H16BrFN2OS. The zero-order valence-corrected chi connectivity index (χ0v) is 15.5. The second-order valence-corrected chi connectivity index (χ2v) is 8.15. The number of rotatable bonds is 5. The van der Waals surface area contributed by atoms with E-state index in [-0.39, 0.29) is 18.3 Å². The summed E-state index contributed by atoms with van der Waals surface area (Å²) in [5, 5.41) is 2.86. The van der Waals surface area contributed by atoms with Crippen LogP contribution in [0.2, 0.25) is 0 Å². The second kappa shape index (κ2) is 6.91. The van der Waals surface area contributed by atoms with Gasteiger partial charge in [-0.1, -0.05) is 24.3 Å². The van der Waals surface area contributed by atoms with Crippen molar-refractivity contribution in [1.82, 2.24) is 9.88 Å². The number of carbonyl (C=O) groups excluding carboxylic acids is 1. The third-order valence-corrected chi connectivity index (χ3v) is 5.14. The average Bonchev–Trinajstić information content (AvgIpc) is 3.02. The molecule has 0 aliphatic heterocycles. The highest BCUT2D eigenvalue weighted by Crippen LogP contribution is 2.32. The molecule has 0 aliphatic carbocycles. The van der Waals surface area contributed by atoms with Gasteiger partial charge in [0.25, 0.3) is 5.91 Å². The van der Waals surface area contributed by atoms with Crippen LogP contribution in [0.15, 0.2) is 52.3 Å². The molecule has 2 aromatic heterocycles. The summed E-state index contributed by atoms with van der Waals surface area (Å²) in [7, 11) is 0. The largest absolute Gasteiger partial charge is 0.347 e. The Morgan fingerprint density at radius 3 is 2.88 bits per heavy atom. The predicted molar refractivity (Wildman–Crippen MR) is 99.9 cm³/mol. The molecule has 0 bridgehead atoms. The highest BCUT2D eigenvalue weighted by Gasteiger charge is 2.17. The van der Waals surface area contributed by atoms with E-state index in [9.17, 15) is 9.18 Å². The molecule has 0 fully saturated rings. The standard InChI is InChI=1S/C18H16BrFN2OS/c1-11(2)10-22-14-8-17(19)24-16(14)7-15(22)18(23)21-9-12-4-3-5-13(20)6-12/h3-8H,1,9-10H2,2H3,(H,21,23). The third kappa shape index (κ3) is 3.60. The first-order chi connectivity index (χ1) is 11.4. The van der Waals surface area contributed by atoms with E-state index in [0.717, 1.165) is 25.1 Å². The number of amides is 1. The van der Waals surface area contributed by atoms with E-state index in [1.165, 1.54) is 12.1 Å². The number of nitrogens with one attached hydrogen (secondary N) is 1. The number of nitrogens with zero attached hydrogens (tertiary/aromatic N) is 1. The van der Waals surface area contributed by atoms with Crippen LogP contribution in [0.4, 0.5) is 4.39 Å². The smallest absolute Gasteiger partial charge is 0.268 e. The SMILES string of the molecule is C=C(C)Cn1c(C(=O)NCc2cccc(F)c2)cc2sc(Br)cc21. The molecule has 0 aliphatic rings. The molecule has 0 radical (unpaired) electrons. The molecular weight excluding hydrogens is 391 g/mol. The van der Waals surface area contributed by atoms with Gasteiger partial charge in [0.1, 0.15) is 11.5 Å². The first-order valence-electron chi connectivity index (χ1n) is 7.39. The van der Waals surface area contributed by atoms with Gasteiger partial charge in [-0.05, 0) is 52.7 Å². The van der Waals surface area contributed by atoms with Gasteiger partial charge in [0.05, 0.1) is 14.0 Å². The molecule has 0 saturated heterocycles. The van der Waals surface area contributed by atoms with Gasteiger partial charge in [-0.2, -0.15) is 0 Å². The van der Waals surface area contributed by atoms with Crippen LogP contribution >= 0.6 is 27.3 Å². The number of benzene rings is 1. The van der Waals surface area contributed by atoms with Crippen molar-refractivity contribution in [2.45, 2.75) is 20.0 Å². The molecule has 1 aromatic carbocycles. The van der Waals surface area contributed by atoms with Crippen LogP contribution in [0.5, 0.6) is 0 Å². The van der Waals surface area contributed by atoms with Crippen LogP contribution < -0.4 is 5.32 Å². The van der Waals surface area contributed by atoms with E-state index in [0.29, 0.717) is 12.2 Å². The Bertz CT molecular complexity index is 928. The first kappa shape index (κ1) is 16.9. The monoisotopic (exact) mass is 406 g/mol. The fourth-order valence-electron chi connectivity index (χ4n) is 2.56. The fraction of sp³-hybridized carbons (Fsp3) is 0.167. The van der Waals surface area contributed by atoms with Gasteiger partial charge in [0, 0.05) is 13.1 Å². The second-order valence-electron chi connectivity index (χ2n) is 5.69. The summed E-state index contributed by atoms with van der Waals surface area (Å²) in [6.07, 6.45) is 0. The van der Waals surface area contributed by atoms with E-state index in [4.69, 9.17) is 0 Å². The molecule has 124 valence electrons. The van der Waals surface area contributed by atoms with E-state index in [1.54, 1.807) is 23.5 Å². The number of allylic oxidation sites excluding steroid dienone is 1. The van der Waals surface area contributed by atoms with E-state index >= 15 is 0 Å². The molecule has 3 rings (SSSR count). The number of hydrogen-bond donors (Lipinski definition) is 1. The van der Waals surface area contributed by atoms with Gasteiger partial charge >= 0.3 is 0 Å². The number of carbonyl (C=O) groups is 1. The molecule has 0 spiro atoms. The van der Waals surface area contributed by atoms with Crippen LogP contribution in [0.25, 0.3) is 10.2 Å². The lowest BCUT2D eigenvalue weighted by Crippen LogP contribution is -2.25. The molecule has 1 N–H and O–H groups in total. The first-order valence-corrected chi connectivity index (χ1v) is 9.00. The molecule has 3 aromatic rings. The zero-order valence-electron chi connectivity index (χ0n) is 13.1. The van der Waals surface area contributed by atoms with Crippen molar-refractivity contribution in [2.75, 3.05) is 0 Å². The van der Waals surface area contributed by atoms with Crippen molar-refractivity contribution in [2.24, 2.45) is 0 Å². The highest BCUT2D eigenvalue weighted by molar-refractivity contribution is 9.11. The van der Waals surface area contributed by atoms with Crippen molar-refractivity contribution in [1.29, 1.82) is 0 Å². The summed E-state index contributed by atoms with van der Waals surface area (Å²) >= 11 is 5.07. The molecule has 24 heavy (non-hydrogen) atoms. The Labute approximate surface area is 151 Å². The van der Waals surface area contributed by atoms with Gasteiger partial charge in [-0.25, -0.2) is 4.39 Å². The van der Waals surface area contributed by atoms with Crippen molar-refractivity contribution in [3.63, 3.8) is 0 Å². The summed E-state index contributed by atoms with van der Waals surface area (Å²) in [6, 6.07) is 10.1.